The average molecular weight is 282 g/mol. The Labute approximate surface area is 114 Å². The van der Waals surface area contributed by atoms with Gasteiger partial charge in [0, 0.05) is 23.4 Å². The fourth-order valence-corrected chi connectivity index (χ4v) is 2.90. The highest BCUT2D eigenvalue weighted by Gasteiger charge is 2.19. The van der Waals surface area contributed by atoms with Crippen molar-refractivity contribution in [1.82, 2.24) is 9.88 Å². The van der Waals surface area contributed by atoms with Gasteiger partial charge >= 0.3 is 0 Å². The van der Waals surface area contributed by atoms with Gasteiger partial charge in [-0.3, -0.25) is 4.79 Å². The highest BCUT2D eigenvalue weighted by atomic mass is 32.1. The summed E-state index contributed by atoms with van der Waals surface area (Å²) in [5.41, 5.74) is 1.48. The molecule has 18 heavy (non-hydrogen) atoms. The maximum atomic E-state index is 12.1. The maximum absolute atomic E-state index is 12.1. The minimum Gasteiger partial charge on any atom is -0.394 e. The molecule has 6 heteroatoms. The summed E-state index contributed by atoms with van der Waals surface area (Å²) in [6, 6.07) is 1.78. The van der Waals surface area contributed by atoms with Gasteiger partial charge in [0.25, 0.3) is 5.91 Å². The molecule has 1 unspecified atom stereocenters. The molecule has 2 aromatic heterocycles. The Kier molecular flexibility index (Phi) is 4.11. The number of hydrogen-bond donors (Lipinski definition) is 1. The van der Waals surface area contributed by atoms with Gasteiger partial charge in [-0.2, -0.15) is 11.3 Å². The first-order chi connectivity index (χ1) is 8.63. The lowest BCUT2D eigenvalue weighted by molar-refractivity contribution is 0.0677. The number of amides is 1. The first-order valence-corrected chi connectivity index (χ1v) is 7.32. The number of aliphatic hydroxyl groups is 1. The monoisotopic (exact) mass is 282 g/mol. The maximum Gasteiger partial charge on any atom is 0.273 e. The molecular formula is C12H14N2O2S2. The van der Waals surface area contributed by atoms with Crippen LogP contribution in [0.2, 0.25) is 0 Å². The van der Waals surface area contributed by atoms with Gasteiger partial charge in [0.05, 0.1) is 12.6 Å². The van der Waals surface area contributed by atoms with Gasteiger partial charge in [0.15, 0.2) is 0 Å². The molecule has 0 aromatic carbocycles. The van der Waals surface area contributed by atoms with Crippen molar-refractivity contribution in [2.75, 3.05) is 13.7 Å². The minimum atomic E-state index is -0.205. The SMILES string of the molecule is CC(CO)N(C)C(=O)c1csc(-c2ccsc2)n1. The van der Waals surface area contributed by atoms with E-state index in [0.717, 1.165) is 10.6 Å². The number of rotatable bonds is 4. The molecular weight excluding hydrogens is 268 g/mol. The molecule has 1 amide bonds. The molecule has 96 valence electrons. The highest BCUT2D eigenvalue weighted by Crippen LogP contribution is 2.26. The number of carbonyl (C=O) groups is 1. The van der Waals surface area contributed by atoms with Crippen molar-refractivity contribution in [3.05, 3.63) is 27.9 Å². The van der Waals surface area contributed by atoms with E-state index in [1.165, 1.54) is 16.2 Å². The molecule has 1 N–H and O–H groups in total. The van der Waals surface area contributed by atoms with E-state index in [4.69, 9.17) is 5.11 Å². The second-order valence-corrected chi connectivity index (χ2v) is 5.64. The van der Waals surface area contributed by atoms with Crippen LogP contribution in [0.15, 0.2) is 22.2 Å². The number of nitrogens with zero attached hydrogens (tertiary/aromatic N) is 2. The van der Waals surface area contributed by atoms with Crippen LogP contribution in [0.5, 0.6) is 0 Å². The van der Waals surface area contributed by atoms with E-state index in [1.54, 1.807) is 30.7 Å². The van der Waals surface area contributed by atoms with E-state index in [-0.39, 0.29) is 18.6 Å². The van der Waals surface area contributed by atoms with Crippen LogP contribution in [-0.2, 0) is 0 Å². The molecule has 1 atom stereocenters. The van der Waals surface area contributed by atoms with Crippen LogP contribution < -0.4 is 0 Å². The van der Waals surface area contributed by atoms with Crippen LogP contribution in [0.3, 0.4) is 0 Å². The largest absolute Gasteiger partial charge is 0.394 e. The van der Waals surface area contributed by atoms with E-state index in [2.05, 4.69) is 4.98 Å². The third-order valence-electron chi connectivity index (χ3n) is 2.74. The molecule has 4 nitrogen and oxygen atoms in total. The van der Waals surface area contributed by atoms with E-state index in [1.807, 2.05) is 16.8 Å². The molecule has 0 aliphatic carbocycles. The molecule has 2 rings (SSSR count). The van der Waals surface area contributed by atoms with Crippen molar-refractivity contribution in [1.29, 1.82) is 0 Å². The lowest BCUT2D eigenvalue weighted by Gasteiger charge is -2.21. The minimum absolute atomic E-state index is 0.0518. The Morgan fingerprint density at radius 1 is 1.56 bits per heavy atom. The van der Waals surface area contributed by atoms with Crippen LogP contribution in [0.4, 0.5) is 0 Å². The van der Waals surface area contributed by atoms with Crippen molar-refractivity contribution in [2.45, 2.75) is 13.0 Å². The van der Waals surface area contributed by atoms with Gasteiger partial charge < -0.3 is 10.0 Å². The predicted octanol–water partition coefficient (Wildman–Crippen LogP) is 2.32. The van der Waals surface area contributed by atoms with Gasteiger partial charge in [0.2, 0.25) is 0 Å². The summed E-state index contributed by atoms with van der Waals surface area (Å²) in [5.74, 6) is -0.158. The standard InChI is InChI=1S/C12H14N2O2S2/c1-8(5-15)14(2)12(16)10-7-18-11(13-10)9-3-4-17-6-9/h3-4,6-8,15H,5H2,1-2H3. The second-order valence-electron chi connectivity index (χ2n) is 4.00. The first-order valence-electron chi connectivity index (χ1n) is 5.49. The number of likely N-dealkylation sites (N-methyl/N-ethyl adjacent to an activating group) is 1. The first kappa shape index (κ1) is 13.2. The third-order valence-corrected chi connectivity index (χ3v) is 4.31. The Bertz CT molecular complexity index is 522. The zero-order chi connectivity index (χ0) is 13.1. The molecule has 2 aromatic rings. The summed E-state index contributed by atoms with van der Waals surface area (Å²) in [6.45, 7) is 1.74. The number of thiazole rings is 1. The van der Waals surface area contributed by atoms with E-state index in [9.17, 15) is 4.79 Å². The molecule has 0 aliphatic rings. The summed E-state index contributed by atoms with van der Waals surface area (Å²) in [4.78, 5) is 17.9. The lowest BCUT2D eigenvalue weighted by atomic mass is 10.3. The van der Waals surface area contributed by atoms with Crippen molar-refractivity contribution in [3.8, 4) is 10.6 Å². The molecule has 2 heterocycles. The quantitative estimate of drug-likeness (QED) is 0.936. The second kappa shape index (κ2) is 5.60. The molecule has 0 bridgehead atoms. The van der Waals surface area contributed by atoms with E-state index in [0.29, 0.717) is 5.69 Å². The smallest absolute Gasteiger partial charge is 0.273 e. The zero-order valence-electron chi connectivity index (χ0n) is 10.2. The van der Waals surface area contributed by atoms with Crippen LogP contribution >= 0.6 is 22.7 Å². The van der Waals surface area contributed by atoms with E-state index >= 15 is 0 Å². The van der Waals surface area contributed by atoms with Crippen LogP contribution in [0.25, 0.3) is 10.6 Å². The van der Waals surface area contributed by atoms with Gasteiger partial charge in [0.1, 0.15) is 10.7 Å². The van der Waals surface area contributed by atoms with Crippen LogP contribution in [0.1, 0.15) is 17.4 Å². The molecule has 0 saturated heterocycles. The number of carbonyl (C=O) groups excluding carboxylic acids is 1. The van der Waals surface area contributed by atoms with Crippen molar-refractivity contribution < 1.29 is 9.90 Å². The Hall–Kier alpha value is -1.24. The Morgan fingerprint density at radius 2 is 2.33 bits per heavy atom. The molecule has 0 radical (unpaired) electrons. The summed E-state index contributed by atoms with van der Waals surface area (Å²) in [7, 11) is 1.67. The van der Waals surface area contributed by atoms with E-state index < -0.39 is 0 Å². The molecule has 0 aliphatic heterocycles. The summed E-state index contributed by atoms with van der Waals surface area (Å²) in [6.07, 6.45) is 0. The fraction of sp³-hybridized carbons (Fsp3) is 0.333. The average Bonchev–Trinajstić information content (AvgIpc) is 3.05. The zero-order valence-corrected chi connectivity index (χ0v) is 11.8. The fourth-order valence-electron chi connectivity index (χ4n) is 1.39. The third kappa shape index (κ3) is 2.60. The highest BCUT2D eigenvalue weighted by molar-refractivity contribution is 7.14. The number of thiophene rings is 1. The predicted molar refractivity (Wildman–Crippen MR) is 74.1 cm³/mol. The molecule has 0 fully saturated rings. The number of aromatic nitrogens is 1. The van der Waals surface area contributed by atoms with Crippen LogP contribution in [0, 0.1) is 0 Å². The van der Waals surface area contributed by atoms with Gasteiger partial charge in [-0.05, 0) is 18.4 Å². The molecule has 0 spiro atoms. The Morgan fingerprint density at radius 3 is 2.94 bits per heavy atom. The van der Waals surface area contributed by atoms with Crippen molar-refractivity contribution >= 4 is 28.6 Å². The summed E-state index contributed by atoms with van der Waals surface area (Å²) in [5, 5.41) is 15.6. The van der Waals surface area contributed by atoms with Crippen molar-refractivity contribution in [2.24, 2.45) is 0 Å². The topological polar surface area (TPSA) is 53.4 Å². The normalized spacial score (nSPS) is 12.4. The summed E-state index contributed by atoms with van der Waals surface area (Å²) < 4.78 is 0. The summed E-state index contributed by atoms with van der Waals surface area (Å²) >= 11 is 3.06. The number of aliphatic hydroxyl groups excluding tert-OH is 1. The van der Waals surface area contributed by atoms with Crippen LogP contribution in [-0.4, -0.2) is 40.6 Å². The van der Waals surface area contributed by atoms with Gasteiger partial charge in [-0.1, -0.05) is 0 Å². The number of hydrogen-bond acceptors (Lipinski definition) is 5. The molecule has 0 saturated carbocycles. The van der Waals surface area contributed by atoms with Gasteiger partial charge in [-0.15, -0.1) is 11.3 Å². The Balaban J connectivity index is 2.18. The van der Waals surface area contributed by atoms with Crippen molar-refractivity contribution in [3.63, 3.8) is 0 Å². The van der Waals surface area contributed by atoms with Gasteiger partial charge in [-0.25, -0.2) is 4.98 Å². The lowest BCUT2D eigenvalue weighted by Crippen LogP contribution is -2.37.